The fourth-order valence-electron chi connectivity index (χ4n) is 3.20. The molecule has 1 N–H and O–H groups in total. The molecule has 28 heavy (non-hydrogen) atoms. The lowest BCUT2D eigenvalue weighted by Gasteiger charge is -2.26. The van der Waals surface area contributed by atoms with E-state index in [4.69, 9.17) is 4.74 Å². The van der Waals surface area contributed by atoms with Gasteiger partial charge in [0.25, 0.3) is 0 Å². The van der Waals surface area contributed by atoms with Gasteiger partial charge < -0.3 is 10.1 Å². The first kappa shape index (κ1) is 20.3. The molecular weight excluding hydrogens is 372 g/mol. The van der Waals surface area contributed by atoms with Crippen molar-refractivity contribution in [3.63, 3.8) is 0 Å². The summed E-state index contributed by atoms with van der Waals surface area (Å²) < 4.78 is 5.74. The predicted molar refractivity (Wildman–Crippen MR) is 115 cm³/mol. The second-order valence-corrected chi connectivity index (χ2v) is 7.67. The molecule has 1 saturated heterocycles. The maximum Gasteiger partial charge on any atom is 0.238 e. The number of carbonyl (C=O) groups excluding carboxylic acids is 2. The summed E-state index contributed by atoms with van der Waals surface area (Å²) in [6.45, 7) is 4.53. The molecule has 1 heterocycles. The van der Waals surface area contributed by atoms with E-state index in [0.717, 1.165) is 29.8 Å². The van der Waals surface area contributed by atoms with Crippen LogP contribution in [0.1, 0.15) is 44.0 Å². The summed E-state index contributed by atoms with van der Waals surface area (Å²) in [5.74, 6) is 1.19. The van der Waals surface area contributed by atoms with Gasteiger partial charge in [-0.1, -0.05) is 37.6 Å². The first-order chi connectivity index (χ1) is 13.6. The minimum atomic E-state index is -0.151. The van der Waals surface area contributed by atoms with Crippen molar-refractivity contribution in [2.75, 3.05) is 22.6 Å². The van der Waals surface area contributed by atoms with E-state index in [9.17, 15) is 9.59 Å². The van der Waals surface area contributed by atoms with E-state index in [1.54, 1.807) is 16.7 Å². The number of amides is 2. The molecule has 1 aliphatic heterocycles. The Hall–Kier alpha value is -2.47. The fraction of sp³-hybridized carbons (Fsp3) is 0.364. The van der Waals surface area contributed by atoms with Gasteiger partial charge in [0.2, 0.25) is 11.8 Å². The molecule has 0 aromatic heterocycles. The summed E-state index contributed by atoms with van der Waals surface area (Å²) in [5, 5.41) is 2.81. The minimum Gasteiger partial charge on any atom is -0.492 e. The first-order valence-electron chi connectivity index (χ1n) is 9.69. The summed E-state index contributed by atoms with van der Waals surface area (Å²) in [6.07, 6.45) is 2.38. The topological polar surface area (TPSA) is 58.6 Å². The largest absolute Gasteiger partial charge is 0.492 e. The Morgan fingerprint density at radius 1 is 1.21 bits per heavy atom. The smallest absolute Gasteiger partial charge is 0.238 e. The van der Waals surface area contributed by atoms with E-state index in [1.807, 2.05) is 55.5 Å². The molecule has 0 saturated carbocycles. The summed E-state index contributed by atoms with van der Waals surface area (Å²) >= 11 is 1.58. The van der Waals surface area contributed by atoms with Crippen molar-refractivity contribution < 1.29 is 14.3 Å². The third-order valence-electron chi connectivity index (χ3n) is 4.51. The van der Waals surface area contributed by atoms with Gasteiger partial charge in [-0.3, -0.25) is 14.5 Å². The molecule has 0 bridgehead atoms. The highest BCUT2D eigenvalue weighted by molar-refractivity contribution is 8.00. The van der Waals surface area contributed by atoms with E-state index in [-0.39, 0.29) is 17.2 Å². The van der Waals surface area contributed by atoms with Crippen molar-refractivity contribution in [2.45, 2.75) is 38.5 Å². The zero-order chi connectivity index (χ0) is 19.9. The zero-order valence-electron chi connectivity index (χ0n) is 16.3. The SMILES string of the molecule is CCCCC(=O)Nc1cccc([C@@H]2SCC(=O)N2c2ccccc2OCC)c1. The van der Waals surface area contributed by atoms with Crippen molar-refractivity contribution in [3.05, 3.63) is 54.1 Å². The Kier molecular flexibility index (Phi) is 6.98. The molecule has 2 aromatic rings. The number of rotatable bonds is 8. The van der Waals surface area contributed by atoms with Crippen LogP contribution in [0.5, 0.6) is 5.75 Å². The van der Waals surface area contributed by atoms with Crippen molar-refractivity contribution in [2.24, 2.45) is 0 Å². The lowest BCUT2D eigenvalue weighted by Crippen LogP contribution is -2.28. The van der Waals surface area contributed by atoms with Crippen LogP contribution in [0.4, 0.5) is 11.4 Å². The number of benzene rings is 2. The number of thioether (sulfide) groups is 1. The normalized spacial score (nSPS) is 16.3. The number of para-hydroxylation sites is 2. The van der Waals surface area contributed by atoms with Crippen LogP contribution in [0.2, 0.25) is 0 Å². The Morgan fingerprint density at radius 2 is 2.04 bits per heavy atom. The summed E-state index contributed by atoms with van der Waals surface area (Å²) in [7, 11) is 0. The number of nitrogens with zero attached hydrogens (tertiary/aromatic N) is 1. The van der Waals surface area contributed by atoms with Gasteiger partial charge in [0, 0.05) is 12.1 Å². The van der Waals surface area contributed by atoms with Gasteiger partial charge in [-0.2, -0.15) is 0 Å². The number of hydrogen-bond acceptors (Lipinski definition) is 4. The van der Waals surface area contributed by atoms with E-state index >= 15 is 0 Å². The lowest BCUT2D eigenvalue weighted by atomic mass is 10.1. The first-order valence-corrected chi connectivity index (χ1v) is 10.7. The highest BCUT2D eigenvalue weighted by Crippen LogP contribution is 2.45. The highest BCUT2D eigenvalue weighted by Gasteiger charge is 2.35. The fourth-order valence-corrected chi connectivity index (χ4v) is 4.35. The summed E-state index contributed by atoms with van der Waals surface area (Å²) in [4.78, 5) is 26.5. The van der Waals surface area contributed by atoms with E-state index in [0.29, 0.717) is 24.5 Å². The van der Waals surface area contributed by atoms with E-state index < -0.39 is 0 Å². The van der Waals surface area contributed by atoms with E-state index in [1.165, 1.54) is 0 Å². The second kappa shape index (κ2) is 9.64. The maximum absolute atomic E-state index is 12.7. The molecule has 1 fully saturated rings. The standard InChI is InChI=1S/C22H26N2O3S/c1-3-5-13-20(25)23-17-10-8-9-16(14-17)22-24(21(26)15-28-22)18-11-6-7-12-19(18)27-4-2/h6-12,14,22H,3-5,13,15H2,1-2H3,(H,23,25)/t22-/m0/s1. The van der Waals surface area contributed by atoms with Crippen molar-refractivity contribution >= 4 is 35.0 Å². The van der Waals surface area contributed by atoms with Crippen LogP contribution in [-0.2, 0) is 9.59 Å². The molecule has 3 rings (SSSR count). The number of ether oxygens (including phenoxy) is 1. The van der Waals surface area contributed by atoms with Crippen LogP contribution in [0, 0.1) is 0 Å². The molecule has 0 aliphatic carbocycles. The van der Waals surface area contributed by atoms with Crippen LogP contribution < -0.4 is 15.0 Å². The summed E-state index contributed by atoms with van der Waals surface area (Å²) in [6, 6.07) is 15.4. The highest BCUT2D eigenvalue weighted by atomic mass is 32.2. The second-order valence-electron chi connectivity index (χ2n) is 6.61. The molecule has 1 atom stereocenters. The number of carbonyl (C=O) groups is 2. The molecule has 0 unspecified atom stereocenters. The van der Waals surface area contributed by atoms with Gasteiger partial charge in [0.15, 0.2) is 0 Å². The Labute approximate surface area is 170 Å². The van der Waals surface area contributed by atoms with Crippen LogP contribution in [0.25, 0.3) is 0 Å². The molecule has 0 spiro atoms. The predicted octanol–water partition coefficient (Wildman–Crippen LogP) is 4.99. The molecule has 6 heteroatoms. The Bertz CT molecular complexity index is 840. The van der Waals surface area contributed by atoms with E-state index in [2.05, 4.69) is 12.2 Å². The molecule has 2 amide bonds. The average Bonchev–Trinajstić information content (AvgIpc) is 3.08. The quantitative estimate of drug-likeness (QED) is 0.680. The van der Waals surface area contributed by atoms with Gasteiger partial charge in [-0.15, -0.1) is 11.8 Å². The molecule has 0 radical (unpaired) electrons. The molecule has 148 valence electrons. The summed E-state index contributed by atoms with van der Waals surface area (Å²) in [5.41, 5.74) is 2.52. The van der Waals surface area contributed by atoms with Crippen molar-refractivity contribution in [1.29, 1.82) is 0 Å². The maximum atomic E-state index is 12.7. The van der Waals surface area contributed by atoms with Crippen molar-refractivity contribution in [1.82, 2.24) is 0 Å². The van der Waals surface area contributed by atoms with Crippen LogP contribution in [-0.4, -0.2) is 24.2 Å². The molecule has 5 nitrogen and oxygen atoms in total. The molecule has 1 aliphatic rings. The third-order valence-corrected chi connectivity index (χ3v) is 5.72. The number of unbranched alkanes of at least 4 members (excludes halogenated alkanes) is 1. The van der Waals surface area contributed by atoms with Crippen LogP contribution in [0.3, 0.4) is 0 Å². The van der Waals surface area contributed by atoms with Gasteiger partial charge >= 0.3 is 0 Å². The number of nitrogens with one attached hydrogen (secondary N) is 1. The van der Waals surface area contributed by atoms with Crippen LogP contribution in [0.15, 0.2) is 48.5 Å². The average molecular weight is 399 g/mol. The Morgan fingerprint density at radius 3 is 2.82 bits per heavy atom. The van der Waals surface area contributed by atoms with Gasteiger partial charge in [0.1, 0.15) is 11.1 Å². The van der Waals surface area contributed by atoms with Gasteiger partial charge in [0.05, 0.1) is 18.0 Å². The zero-order valence-corrected chi connectivity index (χ0v) is 17.1. The molecule has 2 aromatic carbocycles. The Balaban J connectivity index is 1.85. The van der Waals surface area contributed by atoms with Crippen molar-refractivity contribution in [3.8, 4) is 5.75 Å². The third kappa shape index (κ3) is 4.68. The lowest BCUT2D eigenvalue weighted by molar-refractivity contribution is -0.117. The number of anilines is 2. The van der Waals surface area contributed by atoms with Gasteiger partial charge in [-0.25, -0.2) is 0 Å². The van der Waals surface area contributed by atoms with Crippen LogP contribution >= 0.6 is 11.8 Å². The molecular formula is C22H26N2O3S. The monoisotopic (exact) mass is 398 g/mol. The minimum absolute atomic E-state index is 0.0210. The number of hydrogen-bond donors (Lipinski definition) is 1. The van der Waals surface area contributed by atoms with Gasteiger partial charge in [-0.05, 0) is 43.2 Å².